The van der Waals surface area contributed by atoms with Crippen LogP contribution in [0, 0.1) is 11.8 Å². The van der Waals surface area contributed by atoms with E-state index in [-0.39, 0.29) is 0 Å². The fourth-order valence-electron chi connectivity index (χ4n) is 2.66. The highest BCUT2D eigenvalue weighted by Crippen LogP contribution is 2.27. The van der Waals surface area contributed by atoms with Gasteiger partial charge in [0.15, 0.2) is 0 Å². The van der Waals surface area contributed by atoms with Gasteiger partial charge >= 0.3 is 0 Å². The molecule has 1 aliphatic carbocycles. The summed E-state index contributed by atoms with van der Waals surface area (Å²) in [7, 11) is 2.30. The molecule has 0 aromatic carbocycles. The summed E-state index contributed by atoms with van der Waals surface area (Å²) in [6.45, 7) is 8.30. The van der Waals surface area contributed by atoms with Gasteiger partial charge in [-0.25, -0.2) is 0 Å². The van der Waals surface area contributed by atoms with Crippen molar-refractivity contribution < 1.29 is 0 Å². The summed E-state index contributed by atoms with van der Waals surface area (Å²) in [6.07, 6.45) is 5.75. The lowest BCUT2D eigenvalue weighted by atomic mass is 9.85. The minimum Gasteiger partial charge on any atom is -0.303 e. The highest BCUT2D eigenvalue weighted by molar-refractivity contribution is 4.79. The molecule has 0 bridgehead atoms. The van der Waals surface area contributed by atoms with Crippen LogP contribution in [-0.2, 0) is 0 Å². The van der Waals surface area contributed by atoms with Crippen LogP contribution in [0.15, 0.2) is 0 Å². The lowest BCUT2D eigenvalue weighted by Gasteiger charge is -2.37. The van der Waals surface area contributed by atoms with Gasteiger partial charge in [0.1, 0.15) is 0 Å². The van der Waals surface area contributed by atoms with E-state index in [9.17, 15) is 0 Å². The molecular weight excluding hydrogens is 158 g/mol. The van der Waals surface area contributed by atoms with Crippen molar-refractivity contribution in [1.29, 1.82) is 0 Å². The summed E-state index contributed by atoms with van der Waals surface area (Å²) >= 11 is 0. The van der Waals surface area contributed by atoms with Gasteiger partial charge in [0.25, 0.3) is 0 Å². The topological polar surface area (TPSA) is 3.24 Å². The standard InChI is InChI=1S/C12H25N/c1-10(2)9-13(4)12-8-6-5-7-11(12)3/h10-12H,5-9H2,1-4H3/t11-,12+/m0/s1. The molecule has 78 valence electrons. The summed E-state index contributed by atoms with van der Waals surface area (Å²) in [5.41, 5.74) is 0. The highest BCUT2D eigenvalue weighted by atomic mass is 15.1. The Labute approximate surface area is 83.5 Å². The average Bonchev–Trinajstić information content (AvgIpc) is 2.03. The SMILES string of the molecule is CC(C)CN(C)[C@@H]1CCCC[C@@H]1C. The van der Waals surface area contributed by atoms with E-state index in [0.717, 1.165) is 17.9 Å². The van der Waals surface area contributed by atoms with Crippen LogP contribution in [0.25, 0.3) is 0 Å². The molecule has 13 heavy (non-hydrogen) atoms. The first-order valence-corrected chi connectivity index (χ1v) is 5.81. The second kappa shape index (κ2) is 4.99. The largest absolute Gasteiger partial charge is 0.303 e. The molecule has 0 aliphatic heterocycles. The van der Waals surface area contributed by atoms with Gasteiger partial charge in [0, 0.05) is 12.6 Å². The molecule has 1 nitrogen and oxygen atoms in total. The molecule has 1 saturated carbocycles. The summed E-state index contributed by atoms with van der Waals surface area (Å²) in [4.78, 5) is 2.58. The van der Waals surface area contributed by atoms with Gasteiger partial charge in [-0.2, -0.15) is 0 Å². The van der Waals surface area contributed by atoms with E-state index < -0.39 is 0 Å². The van der Waals surface area contributed by atoms with Crippen molar-refractivity contribution in [3.05, 3.63) is 0 Å². The van der Waals surface area contributed by atoms with Crippen LogP contribution in [-0.4, -0.2) is 24.5 Å². The maximum Gasteiger partial charge on any atom is 0.0118 e. The number of nitrogens with zero attached hydrogens (tertiary/aromatic N) is 1. The molecular formula is C12H25N. The Morgan fingerprint density at radius 1 is 1.23 bits per heavy atom. The van der Waals surface area contributed by atoms with E-state index >= 15 is 0 Å². The molecule has 0 saturated heterocycles. The first-order chi connectivity index (χ1) is 6.11. The minimum absolute atomic E-state index is 0.805. The van der Waals surface area contributed by atoms with Gasteiger partial charge < -0.3 is 4.90 Å². The fraction of sp³-hybridized carbons (Fsp3) is 1.00. The van der Waals surface area contributed by atoms with E-state index in [1.165, 1.54) is 32.2 Å². The third-order valence-corrected chi connectivity index (χ3v) is 3.29. The predicted octanol–water partition coefficient (Wildman–Crippen LogP) is 3.15. The van der Waals surface area contributed by atoms with Crippen LogP contribution in [0.5, 0.6) is 0 Å². The second-order valence-corrected chi connectivity index (χ2v) is 5.16. The van der Waals surface area contributed by atoms with E-state index in [0.29, 0.717) is 0 Å². The zero-order valence-corrected chi connectivity index (χ0v) is 9.71. The van der Waals surface area contributed by atoms with Crippen molar-refractivity contribution >= 4 is 0 Å². The lowest BCUT2D eigenvalue weighted by molar-refractivity contribution is 0.127. The molecule has 1 aliphatic rings. The molecule has 0 aromatic heterocycles. The van der Waals surface area contributed by atoms with E-state index in [2.05, 4.69) is 32.7 Å². The fourth-order valence-corrected chi connectivity index (χ4v) is 2.66. The van der Waals surface area contributed by atoms with Gasteiger partial charge in [0.2, 0.25) is 0 Å². The summed E-state index contributed by atoms with van der Waals surface area (Å²) in [5, 5.41) is 0. The lowest BCUT2D eigenvalue weighted by Crippen LogP contribution is -2.40. The van der Waals surface area contributed by atoms with Crippen molar-refractivity contribution in [2.24, 2.45) is 11.8 Å². The maximum atomic E-state index is 2.58. The normalized spacial score (nSPS) is 30.0. The Morgan fingerprint density at radius 2 is 1.85 bits per heavy atom. The van der Waals surface area contributed by atoms with Gasteiger partial charge in [-0.15, -0.1) is 0 Å². The molecule has 0 aromatic rings. The first kappa shape index (κ1) is 11.0. The molecule has 1 rings (SSSR count). The summed E-state index contributed by atoms with van der Waals surface area (Å²) in [6, 6.07) is 0.858. The van der Waals surface area contributed by atoms with Crippen molar-refractivity contribution in [3.63, 3.8) is 0 Å². The molecule has 0 unspecified atom stereocenters. The van der Waals surface area contributed by atoms with Gasteiger partial charge in [0.05, 0.1) is 0 Å². The second-order valence-electron chi connectivity index (χ2n) is 5.16. The predicted molar refractivity (Wildman–Crippen MR) is 58.9 cm³/mol. The van der Waals surface area contributed by atoms with E-state index in [1.807, 2.05) is 0 Å². The van der Waals surface area contributed by atoms with Crippen molar-refractivity contribution in [1.82, 2.24) is 4.90 Å². The molecule has 0 radical (unpaired) electrons. The van der Waals surface area contributed by atoms with E-state index in [4.69, 9.17) is 0 Å². The highest BCUT2D eigenvalue weighted by Gasteiger charge is 2.24. The minimum atomic E-state index is 0.805. The Bertz CT molecular complexity index is 142. The van der Waals surface area contributed by atoms with Crippen molar-refractivity contribution in [3.8, 4) is 0 Å². The number of hydrogen-bond acceptors (Lipinski definition) is 1. The Kier molecular flexibility index (Phi) is 4.24. The van der Waals surface area contributed by atoms with Gasteiger partial charge in [-0.1, -0.05) is 33.6 Å². The Morgan fingerprint density at radius 3 is 2.38 bits per heavy atom. The monoisotopic (exact) mass is 183 g/mol. The van der Waals surface area contributed by atoms with Gasteiger partial charge in [-0.05, 0) is 31.7 Å². The Balaban J connectivity index is 2.39. The number of rotatable bonds is 3. The third kappa shape index (κ3) is 3.30. The van der Waals surface area contributed by atoms with Crippen LogP contribution in [0.2, 0.25) is 0 Å². The maximum absolute atomic E-state index is 2.58. The molecule has 2 atom stereocenters. The molecule has 1 heteroatoms. The van der Waals surface area contributed by atoms with Crippen LogP contribution < -0.4 is 0 Å². The zero-order valence-electron chi connectivity index (χ0n) is 9.71. The smallest absolute Gasteiger partial charge is 0.0118 e. The molecule has 0 heterocycles. The van der Waals surface area contributed by atoms with Crippen molar-refractivity contribution in [2.45, 2.75) is 52.5 Å². The van der Waals surface area contributed by atoms with Crippen LogP contribution in [0.1, 0.15) is 46.5 Å². The molecule has 0 amide bonds. The van der Waals surface area contributed by atoms with Crippen LogP contribution in [0.3, 0.4) is 0 Å². The molecule has 1 fully saturated rings. The number of hydrogen-bond donors (Lipinski definition) is 0. The van der Waals surface area contributed by atoms with Crippen LogP contribution >= 0.6 is 0 Å². The quantitative estimate of drug-likeness (QED) is 0.649. The molecule has 0 N–H and O–H groups in total. The van der Waals surface area contributed by atoms with Crippen molar-refractivity contribution in [2.75, 3.05) is 13.6 Å². The summed E-state index contributed by atoms with van der Waals surface area (Å²) < 4.78 is 0. The summed E-state index contributed by atoms with van der Waals surface area (Å²) in [5.74, 6) is 1.72. The van der Waals surface area contributed by atoms with Gasteiger partial charge in [-0.3, -0.25) is 0 Å². The van der Waals surface area contributed by atoms with Crippen LogP contribution in [0.4, 0.5) is 0 Å². The molecule has 0 spiro atoms. The first-order valence-electron chi connectivity index (χ1n) is 5.81. The van der Waals surface area contributed by atoms with E-state index in [1.54, 1.807) is 0 Å². The average molecular weight is 183 g/mol. The third-order valence-electron chi connectivity index (χ3n) is 3.29. The zero-order chi connectivity index (χ0) is 9.84. The Hall–Kier alpha value is -0.0400.